The van der Waals surface area contributed by atoms with Crippen LogP contribution in [0.4, 0.5) is 0 Å². The van der Waals surface area contributed by atoms with Crippen LogP contribution in [0.15, 0.2) is 22.2 Å². The van der Waals surface area contributed by atoms with E-state index in [9.17, 15) is 5.11 Å². The second kappa shape index (κ2) is 6.22. The van der Waals surface area contributed by atoms with E-state index in [-0.39, 0.29) is 16.6 Å². The summed E-state index contributed by atoms with van der Waals surface area (Å²) in [5, 5.41) is 17.9. The van der Waals surface area contributed by atoms with Crippen LogP contribution in [0, 0.1) is 0 Å². The maximum Gasteiger partial charge on any atom is 0.212 e. The van der Waals surface area contributed by atoms with Crippen LogP contribution in [0.3, 0.4) is 0 Å². The number of rotatable bonds is 2. The quantitative estimate of drug-likeness (QED) is 0.580. The van der Waals surface area contributed by atoms with E-state index in [1.54, 1.807) is 6.21 Å². The summed E-state index contributed by atoms with van der Waals surface area (Å²) in [6, 6.07) is 4.10. The number of benzene rings is 1. The van der Waals surface area contributed by atoms with E-state index >= 15 is 0 Å². The SMILES string of the molecule is CC(C)(C)c1cc(/C=N\NC2=NCCN2)c(O)c(C(C)(C)C)c1. The number of hydrogen-bond donors (Lipinski definition) is 3. The highest BCUT2D eigenvalue weighted by atomic mass is 16.3. The van der Waals surface area contributed by atoms with Gasteiger partial charge in [0.25, 0.3) is 0 Å². The number of phenolic OH excluding ortho intramolecular Hbond substituents is 1. The van der Waals surface area contributed by atoms with Crippen molar-refractivity contribution in [1.82, 2.24) is 10.7 Å². The molecule has 0 bridgehead atoms. The van der Waals surface area contributed by atoms with Gasteiger partial charge >= 0.3 is 0 Å². The van der Waals surface area contributed by atoms with Gasteiger partial charge < -0.3 is 10.4 Å². The van der Waals surface area contributed by atoms with Crippen molar-refractivity contribution in [3.8, 4) is 5.75 Å². The van der Waals surface area contributed by atoms with Crippen molar-refractivity contribution < 1.29 is 5.11 Å². The Kier molecular flexibility index (Phi) is 4.68. The van der Waals surface area contributed by atoms with Crippen LogP contribution in [0.1, 0.15) is 58.2 Å². The van der Waals surface area contributed by atoms with Gasteiger partial charge in [-0.3, -0.25) is 0 Å². The van der Waals surface area contributed by atoms with Gasteiger partial charge in [0.2, 0.25) is 5.96 Å². The highest BCUT2D eigenvalue weighted by Crippen LogP contribution is 2.36. The minimum absolute atomic E-state index is 0.000803. The largest absolute Gasteiger partial charge is 0.507 e. The first-order chi connectivity index (χ1) is 10.6. The molecule has 1 aliphatic heterocycles. The molecule has 126 valence electrons. The Bertz CT molecular complexity index is 634. The van der Waals surface area contributed by atoms with Crippen LogP contribution in [-0.4, -0.2) is 30.4 Å². The van der Waals surface area contributed by atoms with Gasteiger partial charge in [0.05, 0.1) is 12.8 Å². The van der Waals surface area contributed by atoms with E-state index in [4.69, 9.17) is 0 Å². The third kappa shape index (κ3) is 4.24. The molecule has 0 spiro atoms. The molecule has 0 saturated heterocycles. The van der Waals surface area contributed by atoms with Gasteiger partial charge in [0, 0.05) is 17.7 Å². The Morgan fingerprint density at radius 2 is 1.87 bits per heavy atom. The lowest BCUT2D eigenvalue weighted by molar-refractivity contribution is 0.444. The van der Waals surface area contributed by atoms with Crippen molar-refractivity contribution in [2.24, 2.45) is 10.1 Å². The number of phenols is 1. The summed E-state index contributed by atoms with van der Waals surface area (Å²) in [4.78, 5) is 4.22. The molecule has 1 aromatic carbocycles. The van der Waals surface area contributed by atoms with Crippen LogP contribution in [0.5, 0.6) is 5.75 Å². The van der Waals surface area contributed by atoms with Crippen LogP contribution in [-0.2, 0) is 10.8 Å². The van der Waals surface area contributed by atoms with Crippen LogP contribution >= 0.6 is 0 Å². The number of guanidine groups is 1. The predicted octanol–water partition coefficient (Wildman–Crippen LogP) is 2.87. The highest BCUT2D eigenvalue weighted by molar-refractivity contribution is 5.87. The first-order valence-electron chi connectivity index (χ1n) is 8.04. The summed E-state index contributed by atoms with van der Waals surface area (Å²) < 4.78 is 0. The molecule has 1 heterocycles. The first-order valence-corrected chi connectivity index (χ1v) is 8.04. The van der Waals surface area contributed by atoms with Crippen molar-refractivity contribution >= 4 is 12.2 Å². The van der Waals surface area contributed by atoms with Crippen molar-refractivity contribution in [3.63, 3.8) is 0 Å². The minimum Gasteiger partial charge on any atom is -0.507 e. The minimum atomic E-state index is -0.140. The smallest absolute Gasteiger partial charge is 0.212 e. The molecule has 0 atom stereocenters. The number of nitrogens with one attached hydrogen (secondary N) is 2. The number of aromatic hydroxyl groups is 1. The predicted molar refractivity (Wildman–Crippen MR) is 96.5 cm³/mol. The summed E-state index contributed by atoms with van der Waals surface area (Å²) in [5.41, 5.74) is 5.56. The second-order valence-corrected chi connectivity index (χ2v) is 7.99. The molecule has 1 aliphatic rings. The summed E-state index contributed by atoms with van der Waals surface area (Å²) >= 11 is 0. The van der Waals surface area contributed by atoms with E-state index in [1.807, 2.05) is 6.07 Å². The molecule has 2 rings (SSSR count). The third-order valence-electron chi connectivity index (χ3n) is 3.86. The molecule has 0 amide bonds. The van der Waals surface area contributed by atoms with Crippen molar-refractivity contribution in [3.05, 3.63) is 28.8 Å². The van der Waals surface area contributed by atoms with Gasteiger partial charge in [-0.05, 0) is 22.5 Å². The summed E-state index contributed by atoms with van der Waals surface area (Å²) in [7, 11) is 0. The molecule has 0 unspecified atom stereocenters. The zero-order valence-electron chi connectivity index (χ0n) is 15.0. The molecule has 0 aliphatic carbocycles. The standard InChI is InChI=1S/C18H28N4O/c1-17(2,3)13-9-12(11-21-22-16-19-7-8-20-16)15(23)14(10-13)18(4,5)6/h9-11,23H,7-8H2,1-6H3,(H2,19,20,22)/b21-11-. The number of aliphatic imine (C=N–C) groups is 1. The Morgan fingerprint density at radius 1 is 1.17 bits per heavy atom. The zero-order valence-corrected chi connectivity index (χ0v) is 15.0. The lowest BCUT2D eigenvalue weighted by Crippen LogP contribution is -2.30. The monoisotopic (exact) mass is 316 g/mol. The van der Waals surface area contributed by atoms with Gasteiger partial charge in [0.1, 0.15) is 5.75 Å². The summed E-state index contributed by atoms with van der Waals surface area (Å²) in [6.45, 7) is 14.4. The van der Waals surface area contributed by atoms with E-state index in [0.29, 0.717) is 11.5 Å². The van der Waals surface area contributed by atoms with Crippen LogP contribution in [0.25, 0.3) is 0 Å². The van der Waals surface area contributed by atoms with Gasteiger partial charge in [-0.25, -0.2) is 10.4 Å². The Balaban J connectivity index is 2.38. The first kappa shape index (κ1) is 17.3. The molecule has 5 nitrogen and oxygen atoms in total. The number of nitrogens with zero attached hydrogens (tertiary/aromatic N) is 2. The Morgan fingerprint density at radius 3 is 2.39 bits per heavy atom. The Labute approximate surface area is 138 Å². The Hall–Kier alpha value is -2.04. The molecule has 3 N–H and O–H groups in total. The molecule has 5 heteroatoms. The maximum absolute atomic E-state index is 10.6. The highest BCUT2D eigenvalue weighted by Gasteiger charge is 2.24. The van der Waals surface area contributed by atoms with Gasteiger partial charge in [-0.1, -0.05) is 47.6 Å². The fourth-order valence-corrected chi connectivity index (χ4v) is 2.40. The number of hydrazone groups is 1. The van der Waals surface area contributed by atoms with Gasteiger partial charge in [-0.15, -0.1) is 0 Å². The van der Waals surface area contributed by atoms with E-state index in [1.165, 1.54) is 5.56 Å². The lowest BCUT2D eigenvalue weighted by atomic mass is 9.79. The zero-order chi connectivity index (χ0) is 17.3. The molecular weight excluding hydrogens is 288 g/mol. The van der Waals surface area contributed by atoms with Crippen molar-refractivity contribution in [2.45, 2.75) is 52.4 Å². The molecule has 0 fully saturated rings. The summed E-state index contributed by atoms with van der Waals surface area (Å²) in [6.07, 6.45) is 1.66. The van der Waals surface area contributed by atoms with E-state index in [2.05, 4.69) is 68.4 Å². The number of hydrogen-bond acceptors (Lipinski definition) is 5. The maximum atomic E-state index is 10.6. The van der Waals surface area contributed by atoms with Crippen molar-refractivity contribution in [2.75, 3.05) is 13.1 Å². The molecule has 0 radical (unpaired) electrons. The lowest BCUT2D eigenvalue weighted by Gasteiger charge is -2.26. The van der Waals surface area contributed by atoms with Crippen molar-refractivity contribution in [1.29, 1.82) is 0 Å². The average molecular weight is 316 g/mol. The second-order valence-electron chi connectivity index (χ2n) is 7.99. The van der Waals surface area contributed by atoms with E-state index < -0.39 is 0 Å². The van der Waals surface area contributed by atoms with E-state index in [0.717, 1.165) is 18.7 Å². The fraction of sp³-hybridized carbons (Fsp3) is 0.556. The fourth-order valence-electron chi connectivity index (χ4n) is 2.40. The molecule has 23 heavy (non-hydrogen) atoms. The molecule has 0 aromatic heterocycles. The summed E-state index contributed by atoms with van der Waals surface area (Å²) in [5.74, 6) is 0.959. The van der Waals surface area contributed by atoms with Gasteiger partial charge in [-0.2, -0.15) is 5.10 Å². The topological polar surface area (TPSA) is 69.0 Å². The van der Waals surface area contributed by atoms with Crippen LogP contribution in [0.2, 0.25) is 0 Å². The molecule has 1 aromatic rings. The van der Waals surface area contributed by atoms with Gasteiger partial charge in [0.15, 0.2) is 0 Å². The molecular formula is C18H28N4O. The molecule has 0 saturated carbocycles. The normalized spacial score (nSPS) is 15.7. The van der Waals surface area contributed by atoms with Crippen LogP contribution < -0.4 is 10.7 Å². The third-order valence-corrected chi connectivity index (χ3v) is 3.86. The average Bonchev–Trinajstić information content (AvgIpc) is 2.91.